The summed E-state index contributed by atoms with van der Waals surface area (Å²) in [6.45, 7) is 5.98. The third kappa shape index (κ3) is 3.86. The lowest BCUT2D eigenvalue weighted by atomic mass is 10.4. The normalized spacial score (nSPS) is 11.9. The van der Waals surface area contributed by atoms with E-state index in [9.17, 15) is 8.42 Å². The molecule has 0 atom stereocenters. The second-order valence-electron chi connectivity index (χ2n) is 3.40. The van der Waals surface area contributed by atoms with Crippen molar-refractivity contribution in [3.05, 3.63) is 17.0 Å². The SMILES string of the molecule is CCCNCc1ccc(S(=O)(=O)NCC)s1. The molecule has 6 heteroatoms. The summed E-state index contributed by atoms with van der Waals surface area (Å²) in [4.78, 5) is 1.05. The van der Waals surface area contributed by atoms with Gasteiger partial charge in [-0.3, -0.25) is 0 Å². The Morgan fingerprint density at radius 2 is 2.06 bits per heavy atom. The molecule has 0 aliphatic rings. The summed E-state index contributed by atoms with van der Waals surface area (Å²) < 4.78 is 26.2. The van der Waals surface area contributed by atoms with Crippen LogP contribution in [0.3, 0.4) is 0 Å². The van der Waals surface area contributed by atoms with Crippen molar-refractivity contribution in [2.75, 3.05) is 13.1 Å². The summed E-state index contributed by atoms with van der Waals surface area (Å²) in [6, 6.07) is 3.52. The maximum absolute atomic E-state index is 11.7. The average molecular weight is 262 g/mol. The number of hydrogen-bond acceptors (Lipinski definition) is 4. The molecule has 0 aromatic carbocycles. The van der Waals surface area contributed by atoms with Gasteiger partial charge in [0.15, 0.2) is 0 Å². The van der Waals surface area contributed by atoms with Gasteiger partial charge in [0.1, 0.15) is 4.21 Å². The fourth-order valence-corrected chi connectivity index (χ4v) is 3.66. The van der Waals surface area contributed by atoms with E-state index >= 15 is 0 Å². The smallest absolute Gasteiger partial charge is 0.250 e. The highest BCUT2D eigenvalue weighted by atomic mass is 32.2. The number of hydrogen-bond donors (Lipinski definition) is 2. The van der Waals surface area contributed by atoms with E-state index in [1.165, 1.54) is 11.3 Å². The Kier molecular flexibility index (Phi) is 5.40. The fourth-order valence-electron chi connectivity index (χ4n) is 1.25. The van der Waals surface area contributed by atoms with Crippen molar-refractivity contribution in [1.29, 1.82) is 0 Å². The largest absolute Gasteiger partial charge is 0.312 e. The van der Waals surface area contributed by atoms with Gasteiger partial charge in [-0.05, 0) is 25.1 Å². The Hall–Kier alpha value is -0.430. The van der Waals surface area contributed by atoms with E-state index in [1.54, 1.807) is 13.0 Å². The average Bonchev–Trinajstić information content (AvgIpc) is 2.67. The van der Waals surface area contributed by atoms with Crippen molar-refractivity contribution in [2.45, 2.75) is 31.0 Å². The van der Waals surface area contributed by atoms with E-state index in [-0.39, 0.29) is 0 Å². The molecule has 2 N–H and O–H groups in total. The minimum atomic E-state index is -3.28. The fraction of sp³-hybridized carbons (Fsp3) is 0.600. The summed E-state index contributed by atoms with van der Waals surface area (Å²) in [7, 11) is -3.28. The van der Waals surface area contributed by atoms with E-state index in [0.29, 0.717) is 10.8 Å². The third-order valence-corrected chi connectivity index (χ3v) is 5.08. The summed E-state index contributed by atoms with van der Waals surface area (Å²) >= 11 is 1.32. The lowest BCUT2D eigenvalue weighted by Gasteiger charge is -2.01. The van der Waals surface area contributed by atoms with Crippen LogP contribution in [0, 0.1) is 0 Å². The van der Waals surface area contributed by atoms with Crippen LogP contribution >= 0.6 is 11.3 Å². The topological polar surface area (TPSA) is 58.2 Å². The predicted octanol–water partition coefficient (Wildman–Crippen LogP) is 1.55. The Balaban J connectivity index is 2.64. The number of thiophene rings is 1. The highest BCUT2D eigenvalue weighted by molar-refractivity contribution is 7.91. The molecule has 0 unspecified atom stereocenters. The Morgan fingerprint density at radius 1 is 1.31 bits per heavy atom. The van der Waals surface area contributed by atoms with Crippen LogP contribution in [0.25, 0.3) is 0 Å². The Bertz CT molecular complexity index is 412. The molecule has 0 saturated heterocycles. The minimum absolute atomic E-state index is 0.391. The van der Waals surface area contributed by atoms with Crippen molar-refractivity contribution in [1.82, 2.24) is 10.0 Å². The molecule has 0 saturated carbocycles. The van der Waals surface area contributed by atoms with E-state index in [4.69, 9.17) is 0 Å². The first-order chi connectivity index (χ1) is 7.60. The quantitative estimate of drug-likeness (QED) is 0.733. The lowest BCUT2D eigenvalue weighted by molar-refractivity contribution is 0.586. The second-order valence-corrected chi connectivity index (χ2v) is 6.56. The van der Waals surface area contributed by atoms with Crippen molar-refractivity contribution in [3.63, 3.8) is 0 Å². The highest BCUT2D eigenvalue weighted by Gasteiger charge is 2.14. The molecule has 0 spiro atoms. The van der Waals surface area contributed by atoms with Gasteiger partial charge in [-0.1, -0.05) is 13.8 Å². The molecule has 0 aliphatic carbocycles. The number of rotatable bonds is 7. The molecule has 0 radical (unpaired) electrons. The summed E-state index contributed by atoms with van der Waals surface area (Å²) in [6.07, 6.45) is 1.08. The maximum Gasteiger partial charge on any atom is 0.250 e. The van der Waals surface area contributed by atoms with Crippen LogP contribution in [0.2, 0.25) is 0 Å². The van der Waals surface area contributed by atoms with Crippen molar-refractivity contribution < 1.29 is 8.42 Å². The van der Waals surface area contributed by atoms with Crippen molar-refractivity contribution in [2.24, 2.45) is 0 Å². The lowest BCUT2D eigenvalue weighted by Crippen LogP contribution is -2.22. The zero-order valence-electron chi connectivity index (χ0n) is 9.62. The minimum Gasteiger partial charge on any atom is -0.312 e. The van der Waals surface area contributed by atoms with Crippen molar-refractivity contribution in [3.8, 4) is 0 Å². The zero-order chi connectivity index (χ0) is 12.0. The van der Waals surface area contributed by atoms with Crippen molar-refractivity contribution >= 4 is 21.4 Å². The molecule has 0 fully saturated rings. The Morgan fingerprint density at radius 3 is 2.69 bits per heavy atom. The van der Waals surface area contributed by atoms with Gasteiger partial charge in [-0.25, -0.2) is 13.1 Å². The van der Waals surface area contributed by atoms with Crippen LogP contribution in [0.4, 0.5) is 0 Å². The first-order valence-corrected chi connectivity index (χ1v) is 7.69. The van der Waals surface area contributed by atoms with E-state index in [0.717, 1.165) is 24.4 Å². The van der Waals surface area contributed by atoms with Gasteiger partial charge >= 0.3 is 0 Å². The van der Waals surface area contributed by atoms with Crippen LogP contribution in [0.15, 0.2) is 16.3 Å². The molecule has 92 valence electrons. The summed E-state index contributed by atoms with van der Waals surface area (Å²) in [5, 5.41) is 3.24. The molecule has 1 aromatic heterocycles. The molecule has 0 bridgehead atoms. The first kappa shape index (κ1) is 13.6. The molecule has 16 heavy (non-hydrogen) atoms. The van der Waals surface area contributed by atoms with E-state index in [1.807, 2.05) is 6.07 Å². The van der Waals surface area contributed by atoms with E-state index in [2.05, 4.69) is 17.0 Å². The van der Waals surface area contributed by atoms with Gasteiger partial charge in [-0.15, -0.1) is 11.3 Å². The molecule has 1 aromatic rings. The van der Waals surface area contributed by atoms with Gasteiger partial charge in [0.25, 0.3) is 0 Å². The molecule has 0 aliphatic heterocycles. The highest BCUT2D eigenvalue weighted by Crippen LogP contribution is 2.21. The Labute approximate surface area is 101 Å². The zero-order valence-corrected chi connectivity index (χ0v) is 11.2. The number of nitrogens with one attached hydrogen (secondary N) is 2. The van der Waals surface area contributed by atoms with Crippen LogP contribution in [0.1, 0.15) is 25.1 Å². The third-order valence-electron chi connectivity index (χ3n) is 1.96. The number of sulfonamides is 1. The van der Waals surface area contributed by atoms with Gasteiger partial charge in [0, 0.05) is 18.0 Å². The van der Waals surface area contributed by atoms with Crippen LogP contribution in [0.5, 0.6) is 0 Å². The summed E-state index contributed by atoms with van der Waals surface area (Å²) in [5.41, 5.74) is 0. The molecule has 4 nitrogen and oxygen atoms in total. The molecule has 1 rings (SSSR count). The van der Waals surface area contributed by atoms with Gasteiger partial charge in [0.2, 0.25) is 10.0 Å². The van der Waals surface area contributed by atoms with Crippen LogP contribution < -0.4 is 10.0 Å². The maximum atomic E-state index is 11.7. The van der Waals surface area contributed by atoms with Crippen LogP contribution in [-0.2, 0) is 16.6 Å². The molecule has 0 amide bonds. The van der Waals surface area contributed by atoms with Crippen LogP contribution in [-0.4, -0.2) is 21.5 Å². The molecular formula is C10H18N2O2S2. The van der Waals surface area contributed by atoms with Gasteiger partial charge < -0.3 is 5.32 Å². The standard InChI is InChI=1S/C10H18N2O2S2/c1-3-7-11-8-9-5-6-10(15-9)16(13,14)12-4-2/h5-6,11-12H,3-4,7-8H2,1-2H3. The summed E-state index contributed by atoms with van der Waals surface area (Å²) in [5.74, 6) is 0. The van der Waals surface area contributed by atoms with Gasteiger partial charge in [0.05, 0.1) is 0 Å². The second kappa shape index (κ2) is 6.34. The molecule has 1 heterocycles. The monoisotopic (exact) mass is 262 g/mol. The van der Waals surface area contributed by atoms with Gasteiger partial charge in [-0.2, -0.15) is 0 Å². The predicted molar refractivity (Wildman–Crippen MR) is 67.2 cm³/mol. The first-order valence-electron chi connectivity index (χ1n) is 5.39. The van der Waals surface area contributed by atoms with E-state index < -0.39 is 10.0 Å². The molecular weight excluding hydrogens is 244 g/mol.